The quantitative estimate of drug-likeness (QED) is 0.648. The standard InChI is InChI=1S/C21H22ClN3O5/c1-29-11-10-24-18(13-19(26)23-15-8-6-14(22)7-9-15)20(27)25(21(24)28)16-4-3-5-17(12-16)30-2/h3-9,12,18H,10-11,13H2,1-2H3,(H,23,26)/t18-/m0/s1. The molecule has 1 N–H and O–H groups in total. The topological polar surface area (TPSA) is 88.2 Å². The number of imide groups is 1. The van der Waals surface area contributed by atoms with E-state index in [2.05, 4.69) is 5.32 Å². The normalized spacial score (nSPS) is 16.2. The number of nitrogens with zero attached hydrogens (tertiary/aromatic N) is 2. The molecule has 0 saturated carbocycles. The average Bonchev–Trinajstić information content (AvgIpc) is 2.97. The van der Waals surface area contributed by atoms with Gasteiger partial charge < -0.3 is 19.7 Å². The molecule has 0 spiro atoms. The molecule has 1 aliphatic heterocycles. The van der Waals surface area contributed by atoms with Gasteiger partial charge in [0.25, 0.3) is 5.91 Å². The smallest absolute Gasteiger partial charge is 0.332 e. The summed E-state index contributed by atoms with van der Waals surface area (Å²) in [4.78, 5) is 41.1. The number of methoxy groups -OCH3 is 2. The van der Waals surface area contributed by atoms with E-state index < -0.39 is 23.9 Å². The zero-order chi connectivity index (χ0) is 21.7. The van der Waals surface area contributed by atoms with Crippen LogP contribution < -0.4 is 15.0 Å². The van der Waals surface area contributed by atoms with Gasteiger partial charge in [-0.25, -0.2) is 9.69 Å². The second-order valence-electron chi connectivity index (χ2n) is 6.62. The molecule has 0 aromatic heterocycles. The number of amides is 4. The molecule has 30 heavy (non-hydrogen) atoms. The first-order valence-electron chi connectivity index (χ1n) is 9.27. The van der Waals surface area contributed by atoms with E-state index >= 15 is 0 Å². The molecule has 1 saturated heterocycles. The second kappa shape index (κ2) is 9.60. The summed E-state index contributed by atoms with van der Waals surface area (Å²) in [5, 5.41) is 3.27. The van der Waals surface area contributed by atoms with Crippen LogP contribution in [0, 0.1) is 0 Å². The van der Waals surface area contributed by atoms with E-state index in [1.165, 1.54) is 19.1 Å². The van der Waals surface area contributed by atoms with Crippen molar-refractivity contribution >= 4 is 40.8 Å². The fourth-order valence-corrected chi connectivity index (χ4v) is 3.31. The highest BCUT2D eigenvalue weighted by atomic mass is 35.5. The van der Waals surface area contributed by atoms with Gasteiger partial charge in [-0.1, -0.05) is 17.7 Å². The number of urea groups is 1. The van der Waals surface area contributed by atoms with Gasteiger partial charge in [0.2, 0.25) is 5.91 Å². The highest BCUT2D eigenvalue weighted by Crippen LogP contribution is 2.29. The number of carbonyl (C=O) groups is 3. The third-order valence-electron chi connectivity index (χ3n) is 4.67. The number of carbonyl (C=O) groups excluding carboxylic acids is 3. The van der Waals surface area contributed by atoms with Crippen LogP contribution in [0.15, 0.2) is 48.5 Å². The fraction of sp³-hybridized carbons (Fsp3) is 0.286. The van der Waals surface area contributed by atoms with Crippen LogP contribution in [-0.2, 0) is 14.3 Å². The zero-order valence-electron chi connectivity index (χ0n) is 16.6. The van der Waals surface area contributed by atoms with Gasteiger partial charge in [-0.15, -0.1) is 0 Å². The second-order valence-corrected chi connectivity index (χ2v) is 7.06. The molecule has 1 heterocycles. The van der Waals surface area contributed by atoms with Gasteiger partial charge in [-0.3, -0.25) is 9.59 Å². The van der Waals surface area contributed by atoms with Gasteiger partial charge in [0.05, 0.1) is 25.8 Å². The Morgan fingerprint density at radius 1 is 1.13 bits per heavy atom. The molecule has 8 nitrogen and oxygen atoms in total. The van der Waals surface area contributed by atoms with Crippen LogP contribution in [0.3, 0.4) is 0 Å². The van der Waals surface area contributed by atoms with Crippen molar-refractivity contribution in [2.45, 2.75) is 12.5 Å². The van der Waals surface area contributed by atoms with Gasteiger partial charge >= 0.3 is 6.03 Å². The Hall–Kier alpha value is -3.10. The number of hydrogen-bond acceptors (Lipinski definition) is 5. The minimum Gasteiger partial charge on any atom is -0.497 e. The van der Waals surface area contributed by atoms with E-state index in [0.717, 1.165) is 4.90 Å². The van der Waals surface area contributed by atoms with E-state index in [1.807, 2.05) is 0 Å². The molecule has 0 bridgehead atoms. The summed E-state index contributed by atoms with van der Waals surface area (Å²) >= 11 is 5.86. The van der Waals surface area contributed by atoms with Gasteiger partial charge in [0.15, 0.2) is 0 Å². The minimum absolute atomic E-state index is 0.181. The molecular formula is C21H22ClN3O5. The van der Waals surface area contributed by atoms with E-state index in [9.17, 15) is 14.4 Å². The number of rotatable bonds is 8. The predicted molar refractivity (Wildman–Crippen MR) is 113 cm³/mol. The van der Waals surface area contributed by atoms with Crippen molar-refractivity contribution in [2.75, 3.05) is 37.6 Å². The van der Waals surface area contributed by atoms with E-state index in [4.69, 9.17) is 21.1 Å². The van der Waals surface area contributed by atoms with E-state index in [-0.39, 0.29) is 19.6 Å². The molecule has 1 fully saturated rings. The minimum atomic E-state index is -0.939. The number of halogens is 1. The lowest BCUT2D eigenvalue weighted by atomic mass is 10.1. The number of hydrogen-bond donors (Lipinski definition) is 1. The molecule has 158 valence electrons. The van der Waals surface area contributed by atoms with Crippen molar-refractivity contribution in [1.82, 2.24) is 4.90 Å². The zero-order valence-corrected chi connectivity index (χ0v) is 17.4. The van der Waals surface area contributed by atoms with Gasteiger partial charge in [-0.05, 0) is 36.4 Å². The summed E-state index contributed by atoms with van der Waals surface area (Å²) in [6.45, 7) is 0.417. The maximum Gasteiger partial charge on any atom is 0.332 e. The summed E-state index contributed by atoms with van der Waals surface area (Å²) in [5.41, 5.74) is 0.932. The first kappa shape index (κ1) is 21.6. The van der Waals surface area contributed by atoms with Crippen molar-refractivity contribution in [3.05, 3.63) is 53.6 Å². The molecule has 3 rings (SSSR count). The maximum atomic E-state index is 13.1. The fourth-order valence-electron chi connectivity index (χ4n) is 3.19. The molecule has 0 aliphatic carbocycles. The Morgan fingerprint density at radius 3 is 2.53 bits per heavy atom. The van der Waals surface area contributed by atoms with Crippen molar-refractivity contribution in [2.24, 2.45) is 0 Å². The van der Waals surface area contributed by atoms with Crippen LogP contribution in [0.1, 0.15) is 6.42 Å². The molecule has 0 radical (unpaired) electrons. The summed E-state index contributed by atoms with van der Waals surface area (Å²) < 4.78 is 10.3. The Labute approximate surface area is 179 Å². The highest BCUT2D eigenvalue weighted by molar-refractivity contribution is 6.30. The molecule has 0 unspecified atom stereocenters. The third kappa shape index (κ3) is 4.72. The van der Waals surface area contributed by atoms with Crippen LogP contribution >= 0.6 is 11.6 Å². The monoisotopic (exact) mass is 431 g/mol. The summed E-state index contributed by atoms with van der Waals surface area (Å²) in [6.07, 6.45) is -0.183. The largest absolute Gasteiger partial charge is 0.497 e. The lowest BCUT2D eigenvalue weighted by molar-refractivity contribution is -0.124. The summed E-state index contributed by atoms with van der Waals surface area (Å²) in [6, 6.07) is 11.8. The molecule has 2 aromatic rings. The van der Waals surface area contributed by atoms with Crippen LogP contribution in [0.25, 0.3) is 0 Å². The molecule has 2 aromatic carbocycles. The van der Waals surface area contributed by atoms with Crippen LogP contribution in [0.4, 0.5) is 16.2 Å². The Balaban J connectivity index is 1.81. The van der Waals surface area contributed by atoms with Gasteiger partial charge in [0, 0.05) is 30.4 Å². The first-order valence-corrected chi connectivity index (χ1v) is 9.65. The first-order chi connectivity index (χ1) is 14.4. The SMILES string of the molecule is COCCN1C(=O)N(c2cccc(OC)c2)C(=O)[C@@H]1CC(=O)Nc1ccc(Cl)cc1. The number of nitrogens with one attached hydrogen (secondary N) is 1. The van der Waals surface area contributed by atoms with Crippen LogP contribution in [-0.4, -0.2) is 56.2 Å². The Bertz CT molecular complexity index is 934. The lowest BCUT2D eigenvalue weighted by Gasteiger charge is -2.21. The highest BCUT2D eigenvalue weighted by Gasteiger charge is 2.46. The van der Waals surface area contributed by atoms with E-state index in [1.54, 1.807) is 48.5 Å². The number of anilines is 2. The number of benzene rings is 2. The van der Waals surface area contributed by atoms with Crippen LogP contribution in [0.5, 0.6) is 5.75 Å². The van der Waals surface area contributed by atoms with Crippen molar-refractivity contribution in [3.63, 3.8) is 0 Å². The third-order valence-corrected chi connectivity index (χ3v) is 4.93. The molecule has 4 amide bonds. The predicted octanol–water partition coefficient (Wildman–Crippen LogP) is 3.16. The molecule has 1 atom stereocenters. The average molecular weight is 432 g/mol. The van der Waals surface area contributed by atoms with Gasteiger partial charge in [-0.2, -0.15) is 0 Å². The van der Waals surface area contributed by atoms with Crippen LogP contribution in [0.2, 0.25) is 5.02 Å². The Kier molecular flexibility index (Phi) is 6.91. The molecular weight excluding hydrogens is 410 g/mol. The molecule has 1 aliphatic rings. The number of ether oxygens (including phenoxy) is 2. The van der Waals surface area contributed by atoms with Crippen molar-refractivity contribution in [1.29, 1.82) is 0 Å². The summed E-state index contributed by atoms with van der Waals surface area (Å²) in [7, 11) is 3.01. The maximum absolute atomic E-state index is 13.1. The van der Waals surface area contributed by atoms with Crippen molar-refractivity contribution < 1.29 is 23.9 Å². The lowest BCUT2D eigenvalue weighted by Crippen LogP contribution is -2.39. The Morgan fingerprint density at radius 2 is 1.87 bits per heavy atom. The molecule has 9 heteroatoms. The van der Waals surface area contributed by atoms with E-state index in [0.29, 0.717) is 22.1 Å². The van der Waals surface area contributed by atoms with Crippen molar-refractivity contribution in [3.8, 4) is 5.75 Å². The van der Waals surface area contributed by atoms with Gasteiger partial charge in [0.1, 0.15) is 11.8 Å². The summed E-state index contributed by atoms with van der Waals surface area (Å²) in [5.74, 6) is -0.352.